The Bertz CT molecular complexity index is 319. The first-order chi connectivity index (χ1) is 7.74. The molecule has 0 amide bonds. The molecule has 16 heavy (non-hydrogen) atoms. The quantitative estimate of drug-likeness (QED) is 0.916. The molecule has 1 aromatic carbocycles. The Morgan fingerprint density at radius 3 is 2.81 bits per heavy atom. The van der Waals surface area contributed by atoms with Crippen LogP contribution in [0.4, 0.5) is 0 Å². The summed E-state index contributed by atoms with van der Waals surface area (Å²) in [4.78, 5) is 0. The smallest absolute Gasteiger partial charge is 0.119 e. The third kappa shape index (κ3) is 3.49. The first kappa shape index (κ1) is 11.9. The van der Waals surface area contributed by atoms with Crippen molar-refractivity contribution in [1.29, 1.82) is 0 Å². The molecule has 1 saturated heterocycles. The molecule has 2 nitrogen and oxygen atoms in total. The third-order valence-electron chi connectivity index (χ3n) is 2.98. The second-order valence-corrected chi connectivity index (χ2v) is 5.39. The van der Waals surface area contributed by atoms with Crippen molar-refractivity contribution in [2.75, 3.05) is 13.1 Å². The fourth-order valence-electron chi connectivity index (χ4n) is 2.18. The van der Waals surface area contributed by atoms with Crippen LogP contribution in [-0.2, 0) is 0 Å². The lowest BCUT2D eigenvalue weighted by atomic mass is 10.0. The van der Waals surface area contributed by atoms with Crippen molar-refractivity contribution in [1.82, 2.24) is 5.32 Å². The Labute approximate surface area is 106 Å². The van der Waals surface area contributed by atoms with E-state index < -0.39 is 0 Å². The highest BCUT2D eigenvalue weighted by molar-refractivity contribution is 9.10. The molecule has 0 aliphatic carbocycles. The number of halogens is 1. The van der Waals surface area contributed by atoms with E-state index in [2.05, 4.69) is 28.2 Å². The van der Waals surface area contributed by atoms with Gasteiger partial charge in [0.15, 0.2) is 0 Å². The fourth-order valence-corrected chi connectivity index (χ4v) is 2.44. The van der Waals surface area contributed by atoms with Crippen LogP contribution in [-0.4, -0.2) is 19.2 Å². The average Bonchev–Trinajstić information content (AvgIpc) is 2.74. The molecule has 0 aromatic heterocycles. The Kier molecular flexibility index (Phi) is 4.24. The molecule has 2 rings (SSSR count). The summed E-state index contributed by atoms with van der Waals surface area (Å²) in [6.07, 6.45) is 2.72. The summed E-state index contributed by atoms with van der Waals surface area (Å²) in [6.45, 7) is 4.46. The molecule has 1 aliphatic heterocycles. The molecule has 1 N–H and O–H groups in total. The number of nitrogens with one attached hydrogen (secondary N) is 1. The van der Waals surface area contributed by atoms with E-state index in [0.717, 1.165) is 35.7 Å². The van der Waals surface area contributed by atoms with Crippen molar-refractivity contribution in [3.8, 4) is 5.75 Å². The lowest BCUT2D eigenvalue weighted by Gasteiger charge is -2.17. The average molecular weight is 284 g/mol. The van der Waals surface area contributed by atoms with Gasteiger partial charge >= 0.3 is 0 Å². The molecular weight excluding hydrogens is 266 g/mol. The number of rotatable bonds is 4. The van der Waals surface area contributed by atoms with Crippen LogP contribution < -0.4 is 10.1 Å². The van der Waals surface area contributed by atoms with Gasteiger partial charge in [0.05, 0.1) is 6.10 Å². The summed E-state index contributed by atoms with van der Waals surface area (Å²) in [7, 11) is 0. The third-order valence-corrected chi connectivity index (χ3v) is 3.51. The van der Waals surface area contributed by atoms with Crippen molar-refractivity contribution in [3.05, 3.63) is 28.7 Å². The minimum atomic E-state index is 0.297. The summed E-state index contributed by atoms with van der Waals surface area (Å²) in [5, 5.41) is 3.39. The highest BCUT2D eigenvalue weighted by atomic mass is 79.9. The van der Waals surface area contributed by atoms with Crippen molar-refractivity contribution in [3.63, 3.8) is 0 Å². The number of hydrogen-bond acceptors (Lipinski definition) is 2. The van der Waals surface area contributed by atoms with Gasteiger partial charge in [-0.3, -0.25) is 0 Å². The molecule has 1 fully saturated rings. The van der Waals surface area contributed by atoms with Gasteiger partial charge in [-0.15, -0.1) is 0 Å². The molecule has 1 aliphatic rings. The van der Waals surface area contributed by atoms with Crippen LogP contribution in [0.25, 0.3) is 0 Å². The minimum Gasteiger partial charge on any atom is -0.491 e. The van der Waals surface area contributed by atoms with Crippen LogP contribution >= 0.6 is 15.9 Å². The van der Waals surface area contributed by atoms with Crippen molar-refractivity contribution in [2.45, 2.75) is 25.9 Å². The van der Waals surface area contributed by atoms with Crippen LogP contribution in [0, 0.1) is 5.92 Å². The van der Waals surface area contributed by atoms with Crippen LogP contribution in [0.15, 0.2) is 28.7 Å². The SMILES string of the molecule is CC(CC1CCNC1)Oc1ccc(Br)cc1. The predicted molar refractivity (Wildman–Crippen MR) is 69.8 cm³/mol. The fraction of sp³-hybridized carbons (Fsp3) is 0.538. The Hall–Kier alpha value is -0.540. The molecule has 2 atom stereocenters. The van der Waals surface area contributed by atoms with Crippen LogP contribution in [0.3, 0.4) is 0 Å². The first-order valence-corrected chi connectivity index (χ1v) is 6.66. The van der Waals surface area contributed by atoms with Crippen molar-refractivity contribution < 1.29 is 4.74 Å². The molecule has 0 bridgehead atoms. The van der Waals surface area contributed by atoms with E-state index in [1.54, 1.807) is 0 Å². The highest BCUT2D eigenvalue weighted by Crippen LogP contribution is 2.21. The molecule has 1 heterocycles. The largest absolute Gasteiger partial charge is 0.491 e. The summed E-state index contributed by atoms with van der Waals surface area (Å²) in [5.74, 6) is 1.74. The maximum Gasteiger partial charge on any atom is 0.119 e. The van der Waals surface area contributed by atoms with Gasteiger partial charge in [0.2, 0.25) is 0 Å². The Balaban J connectivity index is 1.81. The van der Waals surface area contributed by atoms with E-state index in [0.29, 0.717) is 6.10 Å². The Morgan fingerprint density at radius 2 is 2.19 bits per heavy atom. The molecule has 88 valence electrons. The lowest BCUT2D eigenvalue weighted by Crippen LogP contribution is -2.18. The van der Waals surface area contributed by atoms with E-state index in [9.17, 15) is 0 Å². The van der Waals surface area contributed by atoms with Gasteiger partial charge in [0.25, 0.3) is 0 Å². The second-order valence-electron chi connectivity index (χ2n) is 4.48. The monoisotopic (exact) mass is 283 g/mol. The van der Waals surface area contributed by atoms with Gasteiger partial charge in [-0.2, -0.15) is 0 Å². The van der Waals surface area contributed by atoms with Crippen LogP contribution in [0.1, 0.15) is 19.8 Å². The molecule has 0 spiro atoms. The number of hydrogen-bond donors (Lipinski definition) is 1. The normalized spacial score (nSPS) is 22.0. The van der Waals surface area contributed by atoms with E-state index in [4.69, 9.17) is 4.74 Å². The maximum atomic E-state index is 5.88. The first-order valence-electron chi connectivity index (χ1n) is 5.87. The Morgan fingerprint density at radius 1 is 1.44 bits per heavy atom. The molecular formula is C13H18BrNO. The maximum absolute atomic E-state index is 5.88. The lowest BCUT2D eigenvalue weighted by molar-refractivity contribution is 0.189. The molecule has 2 unspecified atom stereocenters. The zero-order valence-electron chi connectivity index (χ0n) is 9.58. The zero-order chi connectivity index (χ0) is 11.4. The van der Waals surface area contributed by atoms with Gasteiger partial charge < -0.3 is 10.1 Å². The number of ether oxygens (including phenoxy) is 1. The van der Waals surface area contributed by atoms with Gasteiger partial charge in [0, 0.05) is 4.47 Å². The summed E-state index contributed by atoms with van der Waals surface area (Å²) in [6, 6.07) is 8.04. The minimum absolute atomic E-state index is 0.297. The van der Waals surface area contributed by atoms with E-state index in [1.807, 2.05) is 24.3 Å². The van der Waals surface area contributed by atoms with Gasteiger partial charge in [-0.25, -0.2) is 0 Å². The summed E-state index contributed by atoms with van der Waals surface area (Å²) >= 11 is 3.42. The van der Waals surface area contributed by atoms with Crippen LogP contribution in [0.2, 0.25) is 0 Å². The van der Waals surface area contributed by atoms with Gasteiger partial charge in [-0.05, 0) is 63.0 Å². The van der Waals surface area contributed by atoms with Gasteiger partial charge in [0.1, 0.15) is 5.75 Å². The second kappa shape index (κ2) is 5.69. The van der Waals surface area contributed by atoms with Crippen molar-refractivity contribution >= 4 is 15.9 Å². The highest BCUT2D eigenvalue weighted by Gasteiger charge is 2.18. The van der Waals surface area contributed by atoms with Crippen LogP contribution in [0.5, 0.6) is 5.75 Å². The van der Waals surface area contributed by atoms with Crippen molar-refractivity contribution in [2.24, 2.45) is 5.92 Å². The van der Waals surface area contributed by atoms with Gasteiger partial charge in [-0.1, -0.05) is 15.9 Å². The van der Waals surface area contributed by atoms with E-state index in [-0.39, 0.29) is 0 Å². The summed E-state index contributed by atoms with van der Waals surface area (Å²) in [5.41, 5.74) is 0. The molecule has 0 saturated carbocycles. The topological polar surface area (TPSA) is 21.3 Å². The van der Waals surface area contributed by atoms with E-state index in [1.165, 1.54) is 6.42 Å². The summed E-state index contributed by atoms with van der Waals surface area (Å²) < 4.78 is 6.97. The zero-order valence-corrected chi connectivity index (χ0v) is 11.2. The molecule has 0 radical (unpaired) electrons. The predicted octanol–water partition coefficient (Wildman–Crippen LogP) is 3.22. The standard InChI is InChI=1S/C13H18BrNO/c1-10(8-11-6-7-15-9-11)16-13-4-2-12(14)3-5-13/h2-5,10-11,15H,6-9H2,1H3. The molecule has 1 aromatic rings. The molecule has 3 heteroatoms. The van der Waals surface area contributed by atoms with E-state index >= 15 is 0 Å². The number of benzene rings is 1.